The molecule has 3 N–H and O–H groups in total. The number of carbonyl (C=O) groups is 1. The highest BCUT2D eigenvalue weighted by Gasteiger charge is 2.55. The summed E-state index contributed by atoms with van der Waals surface area (Å²) in [6.07, 6.45) is -11.5. The minimum absolute atomic E-state index is 0.0171. The fourth-order valence-electron chi connectivity index (χ4n) is 3.67. The largest absolute Gasteiger partial charge is 0.434 e. The molecule has 0 aromatic heterocycles. The molecule has 2 atom stereocenters. The van der Waals surface area contributed by atoms with Crippen LogP contribution in [0.5, 0.6) is 0 Å². The molecule has 0 aliphatic carbocycles. The first-order chi connectivity index (χ1) is 15.6. The molecule has 1 aliphatic rings. The Kier molecular flexibility index (Phi) is 6.79. The number of amides is 2. The summed E-state index contributed by atoms with van der Waals surface area (Å²) in [6, 6.07) is 7.48. The van der Waals surface area contributed by atoms with E-state index in [1.807, 2.05) is 0 Å². The normalized spacial score (nSPS) is 20.4. The molecule has 186 valence electrons. The summed E-state index contributed by atoms with van der Waals surface area (Å²) in [4.78, 5) is 31.8. The van der Waals surface area contributed by atoms with E-state index in [-0.39, 0.29) is 22.8 Å². The summed E-state index contributed by atoms with van der Waals surface area (Å²) in [5.41, 5.74) is -5.05. The van der Waals surface area contributed by atoms with Gasteiger partial charge in [-0.1, -0.05) is 30.3 Å². The zero-order chi connectivity index (χ0) is 25.5. The number of hydrogen-bond acceptors (Lipinski definition) is 3. The number of ether oxygens (including phenoxy) is 1. The molecule has 1 aliphatic heterocycles. The predicted molar refractivity (Wildman–Crippen MR) is 106 cm³/mol. The molecule has 0 bridgehead atoms. The van der Waals surface area contributed by atoms with Gasteiger partial charge in [0.05, 0.1) is 23.8 Å². The Hall–Kier alpha value is -2.60. The summed E-state index contributed by atoms with van der Waals surface area (Å²) in [6.45, 7) is 0.226. The van der Waals surface area contributed by atoms with Gasteiger partial charge in [0.15, 0.2) is 0 Å². The van der Waals surface area contributed by atoms with Gasteiger partial charge < -0.3 is 19.8 Å². The molecule has 7 nitrogen and oxygen atoms in total. The van der Waals surface area contributed by atoms with Crippen LogP contribution in [0.1, 0.15) is 35.3 Å². The number of nitrogens with one attached hydrogen (secondary N) is 1. The van der Waals surface area contributed by atoms with Crippen molar-refractivity contribution in [2.45, 2.75) is 30.9 Å². The average molecular weight is 512 g/mol. The molecule has 2 amide bonds. The Labute approximate surface area is 189 Å². The Morgan fingerprint density at radius 3 is 2.06 bits per heavy atom. The third-order valence-electron chi connectivity index (χ3n) is 5.35. The Bertz CT molecular complexity index is 1070. The van der Waals surface area contributed by atoms with Crippen LogP contribution in [0.4, 0.5) is 31.1 Å². The topological polar surface area (TPSA) is 99.1 Å². The Balaban J connectivity index is 2.00. The van der Waals surface area contributed by atoms with Crippen molar-refractivity contribution in [3.8, 4) is 0 Å². The Morgan fingerprint density at radius 2 is 1.59 bits per heavy atom. The van der Waals surface area contributed by atoms with Crippen LogP contribution in [0, 0.1) is 0 Å². The molecule has 1 saturated heterocycles. The quantitative estimate of drug-likeness (QED) is 0.381. The molecule has 34 heavy (non-hydrogen) atoms. The molecule has 0 saturated carbocycles. The van der Waals surface area contributed by atoms with E-state index in [1.165, 1.54) is 31.2 Å². The van der Waals surface area contributed by atoms with Crippen molar-refractivity contribution < 1.29 is 50.2 Å². The first-order valence-corrected chi connectivity index (χ1v) is 11.2. The van der Waals surface area contributed by atoms with Gasteiger partial charge in [0, 0.05) is 6.54 Å². The number of rotatable bonds is 6. The van der Waals surface area contributed by atoms with Crippen molar-refractivity contribution in [3.63, 3.8) is 0 Å². The van der Waals surface area contributed by atoms with E-state index < -0.39 is 61.1 Å². The van der Waals surface area contributed by atoms with Crippen LogP contribution < -0.4 is 5.32 Å². The maximum Gasteiger partial charge on any atom is 0.434 e. The van der Waals surface area contributed by atoms with E-state index in [1.54, 1.807) is 6.07 Å². The second-order valence-corrected chi connectivity index (χ2v) is 9.10. The van der Waals surface area contributed by atoms with Crippen LogP contribution in [-0.2, 0) is 27.2 Å². The first kappa shape index (κ1) is 26.0. The summed E-state index contributed by atoms with van der Waals surface area (Å²) in [5, 5.41) is 2.30. The summed E-state index contributed by atoms with van der Waals surface area (Å²) in [7, 11) is -5.20. The van der Waals surface area contributed by atoms with E-state index >= 15 is 0 Å². The smallest absolute Gasteiger partial charge is 0.371 e. The molecule has 1 heterocycles. The van der Waals surface area contributed by atoms with Crippen LogP contribution in [0.3, 0.4) is 0 Å². The van der Waals surface area contributed by atoms with Gasteiger partial charge in [0.1, 0.15) is 5.54 Å². The summed E-state index contributed by atoms with van der Waals surface area (Å²) in [5.74, 6) is 0. The predicted octanol–water partition coefficient (Wildman–Crippen LogP) is 4.82. The van der Waals surface area contributed by atoms with Crippen LogP contribution in [-0.4, -0.2) is 33.6 Å². The van der Waals surface area contributed by atoms with Crippen molar-refractivity contribution in [2.24, 2.45) is 0 Å². The maximum atomic E-state index is 13.2. The lowest BCUT2D eigenvalue weighted by molar-refractivity contribution is -0.143. The molecule has 14 heteroatoms. The average Bonchev–Trinajstić information content (AvgIpc) is 3.09. The van der Waals surface area contributed by atoms with Gasteiger partial charge in [-0.2, -0.15) is 26.3 Å². The number of halogens is 6. The minimum Gasteiger partial charge on any atom is -0.371 e. The monoisotopic (exact) mass is 512 g/mol. The van der Waals surface area contributed by atoms with Crippen LogP contribution in [0.15, 0.2) is 48.5 Å². The van der Waals surface area contributed by atoms with Gasteiger partial charge in [-0.3, -0.25) is 0 Å². The zero-order valence-corrected chi connectivity index (χ0v) is 18.3. The lowest BCUT2D eigenvalue weighted by Crippen LogP contribution is -2.46. The first-order valence-electron chi connectivity index (χ1n) is 9.66. The van der Waals surface area contributed by atoms with Crippen LogP contribution in [0.25, 0.3) is 0 Å². The number of urea groups is 1. The van der Waals surface area contributed by atoms with E-state index in [9.17, 15) is 45.5 Å². The van der Waals surface area contributed by atoms with Gasteiger partial charge >= 0.3 is 26.1 Å². The molecule has 3 rings (SSSR count). The molecule has 2 aromatic rings. The maximum absolute atomic E-state index is 13.2. The van der Waals surface area contributed by atoms with Crippen LogP contribution in [0.2, 0.25) is 0 Å². The molecule has 0 spiro atoms. The van der Waals surface area contributed by atoms with Gasteiger partial charge in [-0.05, 0) is 36.2 Å². The van der Waals surface area contributed by atoms with Crippen molar-refractivity contribution in [1.29, 1.82) is 0 Å². The molecular weight excluding hydrogens is 493 g/mol. The fourth-order valence-corrected chi connectivity index (χ4v) is 4.72. The van der Waals surface area contributed by atoms with Crippen LogP contribution >= 0.6 is 7.75 Å². The molecule has 1 fully saturated rings. The molecule has 2 aromatic carbocycles. The lowest BCUT2D eigenvalue weighted by atomic mass is 9.91. The number of alkyl halides is 6. The van der Waals surface area contributed by atoms with Crippen molar-refractivity contribution in [1.82, 2.24) is 9.99 Å². The van der Waals surface area contributed by atoms with E-state index in [0.29, 0.717) is 12.1 Å². The lowest BCUT2D eigenvalue weighted by Gasteiger charge is -2.37. The fraction of sp³-hybridized carbons (Fsp3) is 0.350. The van der Waals surface area contributed by atoms with E-state index in [4.69, 9.17) is 4.74 Å². The zero-order valence-electron chi connectivity index (χ0n) is 17.4. The molecule has 0 radical (unpaired) electrons. The van der Waals surface area contributed by atoms with E-state index in [0.717, 1.165) is 0 Å². The number of benzene rings is 2. The second-order valence-electron chi connectivity index (χ2n) is 7.67. The third kappa shape index (κ3) is 5.22. The van der Waals surface area contributed by atoms with Gasteiger partial charge in [0.2, 0.25) is 0 Å². The Morgan fingerprint density at radius 1 is 1.06 bits per heavy atom. The SMILES string of the molecule is C[C@H](OC[C@@]1(c2ccccc2)CNC(=O)N1P(=O)(O)O)c1cc(C(F)(F)F)cc(C(F)(F)F)c1. The summed E-state index contributed by atoms with van der Waals surface area (Å²) < 4.78 is 97.1. The van der Waals surface area contributed by atoms with Gasteiger partial charge in [-0.25, -0.2) is 14.0 Å². The van der Waals surface area contributed by atoms with Gasteiger partial charge in [-0.15, -0.1) is 0 Å². The number of carbonyl (C=O) groups excluding carboxylic acids is 1. The highest BCUT2D eigenvalue weighted by atomic mass is 31.2. The van der Waals surface area contributed by atoms with Crippen molar-refractivity contribution in [2.75, 3.05) is 13.2 Å². The highest BCUT2D eigenvalue weighted by Crippen LogP contribution is 2.52. The van der Waals surface area contributed by atoms with Crippen molar-refractivity contribution >= 4 is 13.8 Å². The standard InChI is InChI=1S/C20H19F6N2O5P/c1-12(13-7-15(19(21,22)23)9-16(8-13)20(24,25)26)33-11-18(14-5-3-2-4-6-14)10-27-17(29)28(18)34(30,31)32/h2-9,12H,10-11H2,1H3,(H,27,29)(H2,30,31,32)/t12-,18+/m0/s1. The van der Waals surface area contributed by atoms with E-state index in [2.05, 4.69) is 5.32 Å². The van der Waals surface area contributed by atoms with Gasteiger partial charge in [0.25, 0.3) is 0 Å². The summed E-state index contributed by atoms with van der Waals surface area (Å²) >= 11 is 0. The molecule has 0 unspecified atom stereocenters. The minimum atomic E-state index is -5.20. The molecular formula is C20H19F6N2O5P. The highest BCUT2D eigenvalue weighted by molar-refractivity contribution is 7.50. The number of hydrogen-bond donors (Lipinski definition) is 3. The second kappa shape index (κ2) is 8.88. The number of nitrogens with zero attached hydrogens (tertiary/aromatic N) is 1. The van der Waals surface area contributed by atoms with Crippen molar-refractivity contribution in [3.05, 3.63) is 70.8 Å². The third-order valence-corrected chi connectivity index (χ3v) is 6.44.